The molecule has 90 valence electrons. The molecule has 0 bridgehead atoms. The number of aromatic nitrogens is 3. The number of aromatic amines is 2. The standard InChI is InChI=1S/C9H7Br2N3O2S/c1-16-7-3-6(4(10)2-5(7)11)14-8(15)12-13-9(14)17/h2-3H,1H3,(H,12,15)(H,13,17). The summed E-state index contributed by atoms with van der Waals surface area (Å²) in [5.41, 5.74) is 0.276. The summed E-state index contributed by atoms with van der Waals surface area (Å²) in [6, 6.07) is 3.51. The minimum absolute atomic E-state index is 0.292. The lowest BCUT2D eigenvalue weighted by Gasteiger charge is -2.09. The van der Waals surface area contributed by atoms with Gasteiger partial charge >= 0.3 is 5.69 Å². The number of hydrogen-bond acceptors (Lipinski definition) is 3. The minimum atomic E-state index is -0.333. The van der Waals surface area contributed by atoms with Gasteiger partial charge in [-0.2, -0.15) is 0 Å². The van der Waals surface area contributed by atoms with E-state index in [2.05, 4.69) is 42.1 Å². The highest BCUT2D eigenvalue weighted by atomic mass is 79.9. The summed E-state index contributed by atoms with van der Waals surface area (Å²) >= 11 is 11.8. The molecule has 0 fully saturated rings. The molecule has 2 N–H and O–H groups in total. The van der Waals surface area contributed by atoms with Crippen LogP contribution in [0.15, 0.2) is 25.9 Å². The Bertz CT molecular complexity index is 646. The molecule has 0 aliphatic rings. The molecule has 0 aliphatic carbocycles. The van der Waals surface area contributed by atoms with E-state index in [1.165, 1.54) is 4.57 Å². The van der Waals surface area contributed by atoms with Crippen LogP contribution in [0, 0.1) is 4.77 Å². The first-order valence-corrected chi connectivity index (χ1v) is 6.47. The quantitative estimate of drug-likeness (QED) is 0.787. The van der Waals surface area contributed by atoms with Crippen molar-refractivity contribution in [2.24, 2.45) is 0 Å². The number of nitrogens with zero attached hydrogens (tertiary/aromatic N) is 1. The first-order chi connectivity index (χ1) is 8.04. The van der Waals surface area contributed by atoms with Crippen LogP contribution in [0.2, 0.25) is 0 Å². The highest BCUT2D eigenvalue weighted by Gasteiger charge is 2.12. The zero-order chi connectivity index (χ0) is 12.6. The topological polar surface area (TPSA) is 62.8 Å². The number of halogens is 2. The summed E-state index contributed by atoms with van der Waals surface area (Å²) in [7, 11) is 1.55. The molecule has 0 amide bonds. The van der Waals surface area contributed by atoms with Gasteiger partial charge in [0.15, 0.2) is 0 Å². The van der Waals surface area contributed by atoms with Gasteiger partial charge in [-0.3, -0.25) is 5.10 Å². The van der Waals surface area contributed by atoms with Crippen molar-refractivity contribution in [2.75, 3.05) is 7.11 Å². The largest absolute Gasteiger partial charge is 0.495 e. The first kappa shape index (κ1) is 12.6. The summed E-state index contributed by atoms with van der Waals surface area (Å²) in [6.45, 7) is 0. The summed E-state index contributed by atoms with van der Waals surface area (Å²) < 4.78 is 8.33. The van der Waals surface area contributed by atoms with Gasteiger partial charge in [0.1, 0.15) is 5.75 Å². The summed E-state index contributed by atoms with van der Waals surface area (Å²) in [6.07, 6.45) is 0. The molecule has 17 heavy (non-hydrogen) atoms. The van der Waals surface area contributed by atoms with Crippen LogP contribution in [0.1, 0.15) is 0 Å². The fraction of sp³-hybridized carbons (Fsp3) is 0.111. The fourth-order valence-corrected chi connectivity index (χ4v) is 2.94. The van der Waals surface area contributed by atoms with Gasteiger partial charge in [-0.05, 0) is 50.1 Å². The van der Waals surface area contributed by atoms with Gasteiger partial charge in [0.25, 0.3) is 0 Å². The predicted octanol–water partition coefficient (Wildman–Crippen LogP) is 2.76. The lowest BCUT2D eigenvalue weighted by atomic mass is 10.3. The lowest BCUT2D eigenvalue weighted by molar-refractivity contribution is 0.412. The predicted molar refractivity (Wildman–Crippen MR) is 73.5 cm³/mol. The zero-order valence-electron chi connectivity index (χ0n) is 8.58. The van der Waals surface area contributed by atoms with Crippen molar-refractivity contribution in [1.82, 2.24) is 14.8 Å². The Hall–Kier alpha value is -0.860. The Balaban J connectivity index is 2.76. The normalized spacial score (nSPS) is 10.5. The van der Waals surface area contributed by atoms with E-state index >= 15 is 0 Å². The number of H-pyrrole nitrogens is 2. The number of benzene rings is 1. The van der Waals surface area contributed by atoms with Gasteiger partial charge in [-0.25, -0.2) is 14.5 Å². The zero-order valence-corrected chi connectivity index (χ0v) is 12.6. The maximum absolute atomic E-state index is 11.6. The molecule has 1 aromatic carbocycles. The molecule has 0 saturated heterocycles. The van der Waals surface area contributed by atoms with Crippen LogP contribution in [-0.2, 0) is 0 Å². The van der Waals surface area contributed by atoms with Gasteiger partial charge in [-0.1, -0.05) is 0 Å². The van der Waals surface area contributed by atoms with E-state index in [9.17, 15) is 4.79 Å². The molecule has 0 radical (unpaired) electrons. The molecule has 1 aromatic heterocycles. The third-order valence-electron chi connectivity index (χ3n) is 2.14. The second kappa shape index (κ2) is 4.79. The molecular weight excluding hydrogens is 374 g/mol. The van der Waals surface area contributed by atoms with E-state index in [0.717, 1.165) is 8.95 Å². The molecular formula is C9H7Br2N3O2S. The van der Waals surface area contributed by atoms with Crippen molar-refractivity contribution in [1.29, 1.82) is 0 Å². The van der Waals surface area contributed by atoms with Crippen LogP contribution in [0.25, 0.3) is 5.69 Å². The first-order valence-electron chi connectivity index (χ1n) is 4.47. The Morgan fingerprint density at radius 1 is 1.29 bits per heavy atom. The van der Waals surface area contributed by atoms with Crippen LogP contribution >= 0.6 is 44.1 Å². The molecule has 2 rings (SSSR count). The average Bonchev–Trinajstić information content (AvgIpc) is 2.60. The Labute approximate surface area is 118 Å². The summed E-state index contributed by atoms with van der Waals surface area (Å²) in [5, 5.41) is 5.00. The summed E-state index contributed by atoms with van der Waals surface area (Å²) in [4.78, 5) is 11.6. The van der Waals surface area contributed by atoms with E-state index < -0.39 is 0 Å². The summed E-state index contributed by atoms with van der Waals surface area (Å²) in [5.74, 6) is 0.616. The van der Waals surface area contributed by atoms with Gasteiger partial charge < -0.3 is 4.74 Å². The number of ether oxygens (including phenoxy) is 1. The van der Waals surface area contributed by atoms with Crippen LogP contribution in [0.3, 0.4) is 0 Å². The van der Waals surface area contributed by atoms with Crippen LogP contribution in [0.5, 0.6) is 5.75 Å². The SMILES string of the molecule is COc1cc(-n2c(=O)[nH][nH]c2=S)c(Br)cc1Br. The molecule has 0 atom stereocenters. The van der Waals surface area contributed by atoms with Gasteiger partial charge in [-0.15, -0.1) is 0 Å². The molecule has 8 heteroatoms. The van der Waals surface area contributed by atoms with E-state index in [0.29, 0.717) is 16.2 Å². The second-order valence-corrected chi connectivity index (χ2v) is 5.23. The van der Waals surface area contributed by atoms with E-state index in [1.807, 2.05) is 0 Å². The molecule has 0 spiro atoms. The average molecular weight is 381 g/mol. The number of hydrogen-bond donors (Lipinski definition) is 2. The van der Waals surface area contributed by atoms with Gasteiger partial charge in [0.2, 0.25) is 4.77 Å². The Kier molecular flexibility index (Phi) is 3.55. The van der Waals surface area contributed by atoms with Crippen LogP contribution < -0.4 is 10.4 Å². The minimum Gasteiger partial charge on any atom is -0.495 e. The van der Waals surface area contributed by atoms with Crippen LogP contribution in [0.4, 0.5) is 0 Å². The molecule has 5 nitrogen and oxygen atoms in total. The number of methoxy groups -OCH3 is 1. The maximum Gasteiger partial charge on any atom is 0.347 e. The van der Waals surface area contributed by atoms with E-state index in [4.69, 9.17) is 17.0 Å². The smallest absolute Gasteiger partial charge is 0.347 e. The van der Waals surface area contributed by atoms with Crippen molar-refractivity contribution < 1.29 is 4.74 Å². The van der Waals surface area contributed by atoms with Gasteiger partial charge in [0, 0.05) is 10.5 Å². The third kappa shape index (κ3) is 2.24. The van der Waals surface area contributed by atoms with E-state index in [-0.39, 0.29) is 5.69 Å². The van der Waals surface area contributed by atoms with Crippen molar-refractivity contribution >= 4 is 44.1 Å². The number of rotatable bonds is 2. The monoisotopic (exact) mass is 379 g/mol. The highest BCUT2D eigenvalue weighted by molar-refractivity contribution is 9.11. The van der Waals surface area contributed by atoms with Crippen molar-refractivity contribution in [3.63, 3.8) is 0 Å². The van der Waals surface area contributed by atoms with E-state index in [1.54, 1.807) is 19.2 Å². The second-order valence-electron chi connectivity index (χ2n) is 3.13. The molecule has 0 saturated carbocycles. The Morgan fingerprint density at radius 2 is 2.00 bits per heavy atom. The maximum atomic E-state index is 11.6. The van der Waals surface area contributed by atoms with Crippen molar-refractivity contribution in [2.45, 2.75) is 0 Å². The molecule has 1 heterocycles. The number of nitrogens with one attached hydrogen (secondary N) is 2. The molecule has 2 aromatic rings. The van der Waals surface area contributed by atoms with Crippen molar-refractivity contribution in [3.05, 3.63) is 36.3 Å². The van der Waals surface area contributed by atoms with Crippen molar-refractivity contribution in [3.8, 4) is 11.4 Å². The Morgan fingerprint density at radius 3 is 2.53 bits per heavy atom. The fourth-order valence-electron chi connectivity index (χ4n) is 1.38. The van der Waals surface area contributed by atoms with Gasteiger partial charge in [0.05, 0.1) is 17.3 Å². The van der Waals surface area contributed by atoms with Crippen LogP contribution in [-0.4, -0.2) is 21.9 Å². The highest BCUT2D eigenvalue weighted by Crippen LogP contribution is 2.32. The molecule has 0 unspecified atom stereocenters. The lowest BCUT2D eigenvalue weighted by Crippen LogP contribution is -2.15. The third-order valence-corrected chi connectivity index (χ3v) is 3.68. The molecule has 0 aliphatic heterocycles.